The molecule has 0 saturated heterocycles. The maximum atomic E-state index is 11.4. The first-order valence-corrected chi connectivity index (χ1v) is 4.62. The Morgan fingerprint density at radius 1 is 1.57 bits per heavy atom. The van der Waals surface area contributed by atoms with Crippen molar-refractivity contribution in [2.45, 2.75) is 6.54 Å². The Bertz CT molecular complexity index is 396. The van der Waals surface area contributed by atoms with Crippen LogP contribution in [0.3, 0.4) is 0 Å². The normalized spacial score (nSPS) is 10.0. The molecule has 6 nitrogen and oxygen atoms in total. The van der Waals surface area contributed by atoms with E-state index in [2.05, 4.69) is 24.0 Å². The lowest BCUT2D eigenvalue weighted by atomic mass is 10.4. The summed E-state index contributed by atoms with van der Waals surface area (Å²) >= 11 is 1.01. The molecule has 0 aliphatic carbocycles. The minimum Gasteiger partial charge on any atom is -0.347 e. The zero-order chi connectivity index (χ0) is 9.80. The SMILES string of the molecule is O=C(NCc1cnc[nH]1)c1cnsn1. The van der Waals surface area contributed by atoms with Crippen molar-refractivity contribution >= 4 is 17.6 Å². The molecule has 14 heavy (non-hydrogen) atoms. The van der Waals surface area contributed by atoms with Gasteiger partial charge in [-0.1, -0.05) is 0 Å². The standard InChI is InChI=1S/C7H7N5OS/c13-7(6-3-11-14-12-6)9-2-5-1-8-4-10-5/h1,3-4H,2H2,(H,8,10)(H,9,13). The topological polar surface area (TPSA) is 83.6 Å². The van der Waals surface area contributed by atoms with Crippen LogP contribution in [0.15, 0.2) is 18.7 Å². The van der Waals surface area contributed by atoms with E-state index in [9.17, 15) is 4.79 Å². The fraction of sp³-hybridized carbons (Fsp3) is 0.143. The molecular formula is C7H7N5OS. The number of imidazole rings is 1. The van der Waals surface area contributed by atoms with Crippen LogP contribution in [0.5, 0.6) is 0 Å². The smallest absolute Gasteiger partial charge is 0.272 e. The first kappa shape index (κ1) is 8.82. The number of H-pyrrole nitrogens is 1. The van der Waals surface area contributed by atoms with Crippen molar-refractivity contribution in [3.63, 3.8) is 0 Å². The van der Waals surface area contributed by atoms with E-state index in [4.69, 9.17) is 0 Å². The lowest BCUT2D eigenvalue weighted by Gasteiger charge is -1.99. The first-order chi connectivity index (χ1) is 6.86. The van der Waals surface area contributed by atoms with Gasteiger partial charge in [-0.2, -0.15) is 8.75 Å². The molecule has 0 aliphatic rings. The maximum absolute atomic E-state index is 11.4. The molecule has 2 heterocycles. The van der Waals surface area contributed by atoms with Crippen molar-refractivity contribution in [2.24, 2.45) is 0 Å². The summed E-state index contributed by atoms with van der Waals surface area (Å²) in [5.74, 6) is -0.228. The molecule has 1 amide bonds. The van der Waals surface area contributed by atoms with E-state index < -0.39 is 0 Å². The predicted octanol–water partition coefficient (Wildman–Crippen LogP) is 0.191. The van der Waals surface area contributed by atoms with Crippen LogP contribution in [0.2, 0.25) is 0 Å². The second-order valence-electron chi connectivity index (χ2n) is 2.55. The number of aromatic nitrogens is 4. The highest BCUT2D eigenvalue weighted by Crippen LogP contribution is 1.96. The second kappa shape index (κ2) is 3.97. The third-order valence-electron chi connectivity index (χ3n) is 1.59. The number of hydrogen-bond donors (Lipinski definition) is 2. The van der Waals surface area contributed by atoms with E-state index in [0.29, 0.717) is 12.2 Å². The molecule has 0 unspecified atom stereocenters. The van der Waals surface area contributed by atoms with Crippen LogP contribution < -0.4 is 5.32 Å². The van der Waals surface area contributed by atoms with Crippen molar-refractivity contribution in [3.05, 3.63) is 30.1 Å². The van der Waals surface area contributed by atoms with Gasteiger partial charge in [0.15, 0.2) is 5.69 Å². The summed E-state index contributed by atoms with van der Waals surface area (Å²) in [6.45, 7) is 0.413. The van der Waals surface area contributed by atoms with E-state index in [0.717, 1.165) is 17.4 Å². The zero-order valence-electron chi connectivity index (χ0n) is 7.10. The molecule has 0 fully saturated rings. The van der Waals surface area contributed by atoms with Gasteiger partial charge in [0.2, 0.25) is 0 Å². The van der Waals surface area contributed by atoms with E-state index in [-0.39, 0.29) is 5.91 Å². The van der Waals surface area contributed by atoms with Gasteiger partial charge < -0.3 is 10.3 Å². The Morgan fingerprint density at radius 2 is 2.50 bits per heavy atom. The highest BCUT2D eigenvalue weighted by atomic mass is 32.1. The van der Waals surface area contributed by atoms with Crippen molar-refractivity contribution in [3.8, 4) is 0 Å². The summed E-state index contributed by atoms with van der Waals surface area (Å²) < 4.78 is 7.55. The summed E-state index contributed by atoms with van der Waals surface area (Å²) in [7, 11) is 0. The number of aromatic amines is 1. The molecule has 0 bridgehead atoms. The van der Waals surface area contributed by atoms with Gasteiger partial charge in [0, 0.05) is 6.20 Å². The summed E-state index contributed by atoms with van der Waals surface area (Å²) in [6, 6.07) is 0. The van der Waals surface area contributed by atoms with Gasteiger partial charge in [-0.15, -0.1) is 0 Å². The zero-order valence-corrected chi connectivity index (χ0v) is 7.91. The highest BCUT2D eigenvalue weighted by molar-refractivity contribution is 6.99. The van der Waals surface area contributed by atoms with Crippen LogP contribution in [0.4, 0.5) is 0 Å². The quantitative estimate of drug-likeness (QED) is 0.755. The Labute approximate surface area is 83.7 Å². The van der Waals surface area contributed by atoms with Crippen molar-refractivity contribution < 1.29 is 4.79 Å². The van der Waals surface area contributed by atoms with Crippen LogP contribution in [0.1, 0.15) is 16.2 Å². The number of nitrogens with zero attached hydrogens (tertiary/aromatic N) is 3. The maximum Gasteiger partial charge on any atom is 0.272 e. The van der Waals surface area contributed by atoms with Gasteiger partial charge in [-0.3, -0.25) is 4.79 Å². The molecule has 0 radical (unpaired) electrons. The number of rotatable bonds is 3. The summed E-state index contributed by atoms with van der Waals surface area (Å²) in [6.07, 6.45) is 4.65. The van der Waals surface area contributed by atoms with Crippen LogP contribution in [0, 0.1) is 0 Å². The molecular weight excluding hydrogens is 202 g/mol. The summed E-state index contributed by atoms with van der Waals surface area (Å²) in [5, 5.41) is 2.68. The third-order valence-corrected chi connectivity index (χ3v) is 2.07. The molecule has 2 N–H and O–H groups in total. The molecule has 0 aliphatic heterocycles. The van der Waals surface area contributed by atoms with E-state index >= 15 is 0 Å². The fourth-order valence-corrected chi connectivity index (χ4v) is 1.32. The Balaban J connectivity index is 1.90. The van der Waals surface area contributed by atoms with Gasteiger partial charge in [0.25, 0.3) is 5.91 Å². The van der Waals surface area contributed by atoms with Crippen LogP contribution in [-0.4, -0.2) is 24.6 Å². The van der Waals surface area contributed by atoms with Crippen LogP contribution >= 0.6 is 11.7 Å². The van der Waals surface area contributed by atoms with Gasteiger partial charge in [-0.25, -0.2) is 4.98 Å². The van der Waals surface area contributed by atoms with E-state index in [1.807, 2.05) is 0 Å². The molecule has 2 aromatic heterocycles. The second-order valence-corrected chi connectivity index (χ2v) is 3.11. The molecule has 0 aromatic carbocycles. The fourth-order valence-electron chi connectivity index (χ4n) is 0.912. The van der Waals surface area contributed by atoms with Gasteiger partial charge in [0.05, 0.1) is 36.5 Å². The molecule has 0 saturated carbocycles. The minimum atomic E-state index is -0.228. The highest BCUT2D eigenvalue weighted by Gasteiger charge is 2.07. The average molecular weight is 209 g/mol. The van der Waals surface area contributed by atoms with Gasteiger partial charge >= 0.3 is 0 Å². The Hall–Kier alpha value is -1.76. The van der Waals surface area contributed by atoms with Crippen LogP contribution in [0.25, 0.3) is 0 Å². The monoisotopic (exact) mass is 209 g/mol. The molecule has 2 aromatic rings. The molecule has 7 heteroatoms. The summed E-state index contributed by atoms with van der Waals surface area (Å²) in [5.41, 5.74) is 1.19. The molecule has 0 atom stereocenters. The van der Waals surface area contributed by atoms with Crippen LogP contribution in [-0.2, 0) is 6.54 Å². The lowest BCUT2D eigenvalue weighted by molar-refractivity contribution is 0.0946. The molecule has 2 rings (SSSR count). The number of amides is 1. The lowest BCUT2D eigenvalue weighted by Crippen LogP contribution is -2.23. The third kappa shape index (κ3) is 1.94. The number of carbonyl (C=O) groups excluding carboxylic acids is 1. The van der Waals surface area contributed by atoms with Crippen molar-refractivity contribution in [1.29, 1.82) is 0 Å². The Morgan fingerprint density at radius 3 is 3.14 bits per heavy atom. The summed E-state index contributed by atoms with van der Waals surface area (Å²) in [4.78, 5) is 18.1. The Kier molecular flexibility index (Phi) is 2.50. The molecule has 0 spiro atoms. The average Bonchev–Trinajstić information content (AvgIpc) is 2.87. The number of hydrogen-bond acceptors (Lipinski definition) is 5. The van der Waals surface area contributed by atoms with E-state index in [1.165, 1.54) is 6.20 Å². The first-order valence-electron chi connectivity index (χ1n) is 3.89. The number of carbonyl (C=O) groups is 1. The predicted molar refractivity (Wildman–Crippen MR) is 49.7 cm³/mol. The van der Waals surface area contributed by atoms with Gasteiger partial charge in [0.1, 0.15) is 0 Å². The molecule has 72 valence electrons. The van der Waals surface area contributed by atoms with Crippen molar-refractivity contribution in [1.82, 2.24) is 24.0 Å². The van der Waals surface area contributed by atoms with Gasteiger partial charge in [-0.05, 0) is 0 Å². The minimum absolute atomic E-state index is 0.228. The number of nitrogens with one attached hydrogen (secondary N) is 2. The largest absolute Gasteiger partial charge is 0.347 e. The van der Waals surface area contributed by atoms with Crippen molar-refractivity contribution in [2.75, 3.05) is 0 Å². The van der Waals surface area contributed by atoms with E-state index in [1.54, 1.807) is 12.5 Å².